The van der Waals surface area contributed by atoms with Gasteiger partial charge in [0.25, 0.3) is 0 Å². The predicted molar refractivity (Wildman–Crippen MR) is 160 cm³/mol. The molecular formula is C29H64N2O4S. The van der Waals surface area contributed by atoms with Crippen molar-refractivity contribution in [2.24, 2.45) is 17.3 Å². The van der Waals surface area contributed by atoms with Gasteiger partial charge in [-0.1, -0.05) is 89.0 Å². The fourth-order valence-corrected chi connectivity index (χ4v) is 4.10. The summed E-state index contributed by atoms with van der Waals surface area (Å²) in [5.41, 5.74) is -0.470. The highest BCUT2D eigenvalue weighted by molar-refractivity contribution is 7.84. The lowest BCUT2D eigenvalue weighted by Crippen LogP contribution is -2.42. The Hall–Kier alpha value is -0.950. The molecule has 0 radical (unpaired) electrons. The summed E-state index contributed by atoms with van der Waals surface area (Å²) in [6.45, 7) is 23.8. The molecule has 0 aromatic heterocycles. The molecule has 0 rings (SSSR count). The van der Waals surface area contributed by atoms with Crippen LogP contribution in [0.2, 0.25) is 0 Å². The first-order valence-corrected chi connectivity index (χ1v) is 16.2. The molecule has 6 nitrogen and oxygen atoms in total. The number of carbonyl (C=O) groups excluding carboxylic acids is 2. The summed E-state index contributed by atoms with van der Waals surface area (Å²) in [5, 5.41) is 14.9. The van der Waals surface area contributed by atoms with E-state index < -0.39 is 16.2 Å². The lowest BCUT2D eigenvalue weighted by molar-refractivity contribution is -0.132. The van der Waals surface area contributed by atoms with Crippen molar-refractivity contribution in [3.05, 3.63) is 0 Å². The number of hydrogen-bond acceptors (Lipinski definition) is 4. The van der Waals surface area contributed by atoms with Crippen LogP contribution in [0.3, 0.4) is 0 Å². The molecule has 0 fully saturated rings. The number of carbonyl (C=O) groups is 2. The van der Waals surface area contributed by atoms with Crippen LogP contribution in [0.15, 0.2) is 0 Å². The summed E-state index contributed by atoms with van der Waals surface area (Å²) < 4.78 is 11.2. The highest BCUT2D eigenvalue weighted by Crippen LogP contribution is 2.30. The van der Waals surface area contributed by atoms with Gasteiger partial charge in [-0.25, -0.2) is 0 Å². The quantitative estimate of drug-likeness (QED) is 0.198. The van der Waals surface area contributed by atoms with E-state index in [4.69, 9.17) is 5.11 Å². The molecule has 36 heavy (non-hydrogen) atoms. The SMILES string of the molecule is CC.CC.CCC(CC)CCNC(=O)CCC(C)C.CCS(=O)CCNC(=O)C(CC)(CC)CCO. The summed E-state index contributed by atoms with van der Waals surface area (Å²) >= 11 is 0. The summed E-state index contributed by atoms with van der Waals surface area (Å²) in [6.07, 6.45) is 7.16. The number of rotatable bonds is 17. The van der Waals surface area contributed by atoms with Crippen molar-refractivity contribution >= 4 is 22.6 Å². The maximum atomic E-state index is 12.1. The summed E-state index contributed by atoms with van der Waals surface area (Å²) in [7, 11) is -0.842. The van der Waals surface area contributed by atoms with Gasteiger partial charge in [-0.3, -0.25) is 13.8 Å². The van der Waals surface area contributed by atoms with E-state index in [1.54, 1.807) is 0 Å². The van der Waals surface area contributed by atoms with Crippen molar-refractivity contribution in [3.63, 3.8) is 0 Å². The third-order valence-corrected chi connectivity index (χ3v) is 7.64. The van der Waals surface area contributed by atoms with E-state index in [9.17, 15) is 13.8 Å². The van der Waals surface area contributed by atoms with Crippen LogP contribution in [-0.4, -0.2) is 52.3 Å². The molecular weight excluding hydrogens is 472 g/mol. The number of amides is 2. The zero-order valence-electron chi connectivity index (χ0n) is 25.9. The molecule has 1 unspecified atom stereocenters. The van der Waals surface area contributed by atoms with Gasteiger partial charge in [-0.2, -0.15) is 0 Å². The number of nitrogens with one attached hydrogen (secondary N) is 2. The van der Waals surface area contributed by atoms with Crippen LogP contribution in [0, 0.1) is 17.3 Å². The summed E-state index contributed by atoms with van der Waals surface area (Å²) in [5.74, 6) is 2.72. The van der Waals surface area contributed by atoms with Gasteiger partial charge in [0.1, 0.15) is 0 Å². The molecule has 3 N–H and O–H groups in total. The van der Waals surface area contributed by atoms with Gasteiger partial charge < -0.3 is 15.7 Å². The van der Waals surface area contributed by atoms with Gasteiger partial charge in [-0.05, 0) is 43.9 Å². The molecule has 2 amide bonds. The van der Waals surface area contributed by atoms with Crippen LogP contribution >= 0.6 is 0 Å². The normalized spacial score (nSPS) is 11.3. The monoisotopic (exact) mass is 536 g/mol. The van der Waals surface area contributed by atoms with Crippen molar-refractivity contribution < 1.29 is 18.9 Å². The Kier molecular flexibility index (Phi) is 35.4. The first kappa shape index (κ1) is 42.2. The molecule has 0 aliphatic heterocycles. The van der Waals surface area contributed by atoms with E-state index in [0.29, 0.717) is 49.7 Å². The van der Waals surface area contributed by atoms with Gasteiger partial charge in [-0.15, -0.1) is 0 Å². The standard InChI is InChI=1S/C13H27NO.C12H25NO3S.2C2H6/c1-5-12(6-2)9-10-14-13(15)8-7-11(3)4;1-4-12(5-2,7-9-14)11(15)13-8-10-17(16)6-3;2*1-2/h11-12H,5-10H2,1-4H3,(H,14,15);14H,4-10H2,1-3H3,(H,13,15);2*1-2H3. The van der Waals surface area contributed by atoms with Gasteiger partial charge in [0.2, 0.25) is 11.8 Å². The fourth-order valence-electron chi connectivity index (χ4n) is 3.48. The van der Waals surface area contributed by atoms with Gasteiger partial charge in [0, 0.05) is 48.4 Å². The molecule has 220 valence electrons. The Labute approximate surface area is 228 Å². The predicted octanol–water partition coefficient (Wildman–Crippen LogP) is 6.48. The molecule has 0 heterocycles. The molecule has 0 aromatic rings. The average Bonchev–Trinajstić information content (AvgIpc) is 2.91. The maximum Gasteiger partial charge on any atom is 0.226 e. The molecule has 7 heteroatoms. The minimum Gasteiger partial charge on any atom is -0.396 e. The second-order valence-electron chi connectivity index (χ2n) is 8.90. The average molecular weight is 537 g/mol. The van der Waals surface area contributed by atoms with Crippen LogP contribution in [0.5, 0.6) is 0 Å². The third kappa shape index (κ3) is 23.4. The maximum absolute atomic E-state index is 12.1. The molecule has 0 aliphatic rings. The van der Waals surface area contributed by atoms with Gasteiger partial charge >= 0.3 is 0 Å². The molecule has 1 atom stereocenters. The van der Waals surface area contributed by atoms with Gasteiger partial charge in [0.05, 0.1) is 5.41 Å². The van der Waals surface area contributed by atoms with E-state index in [0.717, 1.165) is 25.3 Å². The van der Waals surface area contributed by atoms with E-state index in [1.807, 2.05) is 48.5 Å². The van der Waals surface area contributed by atoms with Crippen LogP contribution in [-0.2, 0) is 20.4 Å². The minimum atomic E-state index is -0.842. The lowest BCUT2D eigenvalue weighted by Gasteiger charge is -2.29. The first-order valence-electron chi connectivity index (χ1n) is 14.7. The largest absolute Gasteiger partial charge is 0.396 e. The Bertz CT molecular complexity index is 506. The Morgan fingerprint density at radius 1 is 0.861 bits per heavy atom. The molecule has 0 saturated heterocycles. The molecule has 0 aliphatic carbocycles. The topological polar surface area (TPSA) is 95.5 Å². The molecule has 0 saturated carbocycles. The second kappa shape index (κ2) is 30.3. The lowest BCUT2D eigenvalue weighted by atomic mass is 9.78. The zero-order chi connectivity index (χ0) is 29.0. The van der Waals surface area contributed by atoms with E-state index in [-0.39, 0.29) is 18.4 Å². The number of aliphatic hydroxyl groups is 1. The Balaban J connectivity index is -0.000000251. The molecule has 0 spiro atoms. The van der Waals surface area contributed by atoms with Crippen LogP contribution in [0.4, 0.5) is 0 Å². The van der Waals surface area contributed by atoms with Crippen molar-refractivity contribution in [2.45, 2.75) is 128 Å². The Morgan fingerprint density at radius 2 is 1.39 bits per heavy atom. The molecule has 0 aromatic carbocycles. The van der Waals surface area contributed by atoms with Crippen LogP contribution in [0.25, 0.3) is 0 Å². The Morgan fingerprint density at radius 3 is 1.78 bits per heavy atom. The summed E-state index contributed by atoms with van der Waals surface area (Å²) in [6, 6.07) is 0. The smallest absolute Gasteiger partial charge is 0.226 e. The zero-order valence-corrected chi connectivity index (χ0v) is 26.7. The second-order valence-corrected chi connectivity index (χ2v) is 10.8. The van der Waals surface area contributed by atoms with Crippen LogP contribution in [0.1, 0.15) is 128 Å². The molecule has 0 bridgehead atoms. The van der Waals surface area contributed by atoms with Gasteiger partial charge in [0.15, 0.2) is 0 Å². The van der Waals surface area contributed by atoms with E-state index in [1.165, 1.54) is 12.8 Å². The van der Waals surface area contributed by atoms with Crippen molar-refractivity contribution in [3.8, 4) is 0 Å². The summed E-state index contributed by atoms with van der Waals surface area (Å²) in [4.78, 5) is 23.5. The first-order chi connectivity index (χ1) is 17.2. The highest BCUT2D eigenvalue weighted by Gasteiger charge is 2.33. The number of aliphatic hydroxyl groups excluding tert-OH is 1. The minimum absolute atomic E-state index is 0.0235. The van der Waals surface area contributed by atoms with Crippen LogP contribution < -0.4 is 10.6 Å². The van der Waals surface area contributed by atoms with Crippen molar-refractivity contribution in [2.75, 3.05) is 31.2 Å². The van der Waals surface area contributed by atoms with Crippen molar-refractivity contribution in [1.29, 1.82) is 0 Å². The fraction of sp³-hybridized carbons (Fsp3) is 0.931. The third-order valence-electron chi connectivity index (χ3n) is 6.34. The van der Waals surface area contributed by atoms with Crippen molar-refractivity contribution in [1.82, 2.24) is 10.6 Å². The van der Waals surface area contributed by atoms with E-state index >= 15 is 0 Å². The van der Waals surface area contributed by atoms with E-state index in [2.05, 4.69) is 38.3 Å². The number of hydrogen-bond donors (Lipinski definition) is 3. The highest BCUT2D eigenvalue weighted by atomic mass is 32.2.